The van der Waals surface area contributed by atoms with Crippen LogP contribution in [0.3, 0.4) is 0 Å². The zero-order valence-electron chi connectivity index (χ0n) is 19.5. The van der Waals surface area contributed by atoms with Gasteiger partial charge >= 0.3 is 16.1 Å². The van der Waals surface area contributed by atoms with E-state index in [0.29, 0.717) is 33.7 Å². The lowest BCUT2D eigenvalue weighted by molar-refractivity contribution is -0.132. The fourth-order valence-corrected chi connectivity index (χ4v) is 6.34. The summed E-state index contributed by atoms with van der Waals surface area (Å²) in [6.07, 6.45) is 4.76. The summed E-state index contributed by atoms with van der Waals surface area (Å²) in [6.45, 7) is 5.15. The van der Waals surface area contributed by atoms with E-state index in [1.54, 1.807) is 36.4 Å². The molecule has 1 heterocycles. The number of allylic oxidation sites excluding steroid dienone is 4. The van der Waals surface area contributed by atoms with E-state index >= 15 is 0 Å². The number of rotatable bonds is 7. The van der Waals surface area contributed by atoms with Crippen molar-refractivity contribution in [2.24, 2.45) is 0 Å². The molecule has 2 aliphatic rings. The molecule has 7 nitrogen and oxygen atoms in total. The van der Waals surface area contributed by atoms with Gasteiger partial charge in [-0.05, 0) is 106 Å². The molecule has 0 spiro atoms. The SMILES string of the molecule is C=C/C=C/C(=C(\C)C(=O)O)c1c2ccc(=O)c(I)c-2oc2c(I)c(OS(=O)(=O)c3ccc(Br)cc3)ccc12. The van der Waals surface area contributed by atoms with Gasteiger partial charge in [-0.2, -0.15) is 8.42 Å². The molecule has 0 amide bonds. The highest BCUT2D eigenvalue weighted by molar-refractivity contribution is 14.1. The zero-order chi connectivity index (χ0) is 27.8. The lowest BCUT2D eigenvalue weighted by Crippen LogP contribution is -2.11. The minimum absolute atomic E-state index is 0.0190. The van der Waals surface area contributed by atoms with Crippen LogP contribution >= 0.6 is 61.1 Å². The molecule has 2 aromatic carbocycles. The minimum Gasteiger partial charge on any atom is -0.478 e. The van der Waals surface area contributed by atoms with E-state index in [1.165, 1.54) is 37.3 Å². The van der Waals surface area contributed by atoms with Crippen molar-refractivity contribution in [2.75, 3.05) is 0 Å². The van der Waals surface area contributed by atoms with Crippen molar-refractivity contribution in [1.29, 1.82) is 0 Å². The number of halogens is 3. The Hall–Kier alpha value is -2.49. The van der Waals surface area contributed by atoms with Crippen molar-refractivity contribution in [1.82, 2.24) is 0 Å². The van der Waals surface area contributed by atoms with Gasteiger partial charge in [0.15, 0.2) is 22.5 Å². The highest BCUT2D eigenvalue weighted by atomic mass is 127. The molecule has 0 atom stereocenters. The van der Waals surface area contributed by atoms with Crippen LogP contribution in [0.25, 0.3) is 27.9 Å². The predicted molar refractivity (Wildman–Crippen MR) is 166 cm³/mol. The number of aliphatic carboxylic acids is 1. The van der Waals surface area contributed by atoms with Crippen molar-refractivity contribution >= 4 is 93.7 Å². The number of carboxylic acids is 1. The van der Waals surface area contributed by atoms with Gasteiger partial charge < -0.3 is 13.7 Å². The van der Waals surface area contributed by atoms with Gasteiger partial charge in [-0.25, -0.2) is 4.79 Å². The Morgan fingerprint density at radius 3 is 2.39 bits per heavy atom. The smallest absolute Gasteiger partial charge is 0.339 e. The predicted octanol–water partition coefficient (Wildman–Crippen LogP) is 7.24. The molecule has 1 aliphatic heterocycles. The van der Waals surface area contributed by atoms with Crippen LogP contribution < -0.4 is 9.61 Å². The van der Waals surface area contributed by atoms with E-state index in [-0.39, 0.29) is 33.0 Å². The molecule has 0 saturated carbocycles. The summed E-state index contributed by atoms with van der Waals surface area (Å²) in [4.78, 5) is 24.5. The molecule has 38 heavy (non-hydrogen) atoms. The summed E-state index contributed by atoms with van der Waals surface area (Å²) in [5.41, 5.74) is 1.45. The molecule has 0 saturated heterocycles. The summed E-state index contributed by atoms with van der Waals surface area (Å²) < 4.78 is 38.9. The van der Waals surface area contributed by atoms with Crippen molar-refractivity contribution in [3.8, 4) is 17.1 Å². The van der Waals surface area contributed by atoms with E-state index in [4.69, 9.17) is 8.60 Å². The summed E-state index contributed by atoms with van der Waals surface area (Å²) >= 11 is 7.08. The minimum atomic E-state index is -4.17. The Balaban J connectivity index is 2.06. The topological polar surface area (TPSA) is 111 Å². The molecule has 4 rings (SSSR count). The average molecular weight is 819 g/mol. The summed E-state index contributed by atoms with van der Waals surface area (Å²) in [5.74, 6) is -0.860. The number of hydrogen-bond donors (Lipinski definition) is 1. The maximum atomic E-state index is 13.0. The van der Waals surface area contributed by atoms with Crippen LogP contribution in [-0.4, -0.2) is 19.5 Å². The molecule has 2 aromatic rings. The standard InChI is InChI=1S/C27H17BrI2O7S/c1-3-4-5-17(14(2)27(32)33)22-18-10-12-20(31)23(29)25(18)36-26-19(22)11-13-21(24(26)30)37-38(34,35)16-8-6-15(28)7-9-16/h3-13H,1H2,2H3,(H,32,33)/b5-4+,17-14-. The monoisotopic (exact) mass is 818 g/mol. The highest BCUT2D eigenvalue weighted by Gasteiger charge is 2.26. The van der Waals surface area contributed by atoms with E-state index in [0.717, 1.165) is 0 Å². The third kappa shape index (κ3) is 5.46. The van der Waals surface area contributed by atoms with Crippen molar-refractivity contribution in [3.63, 3.8) is 0 Å². The second-order valence-electron chi connectivity index (χ2n) is 7.92. The molecule has 1 aliphatic carbocycles. The molecule has 1 N–H and O–H groups in total. The average Bonchev–Trinajstić information content (AvgIpc) is 2.88. The molecule has 0 bridgehead atoms. The highest BCUT2D eigenvalue weighted by Crippen LogP contribution is 2.43. The molecular formula is C27H17BrI2O7S. The lowest BCUT2D eigenvalue weighted by atomic mass is 9.90. The van der Waals surface area contributed by atoms with E-state index in [9.17, 15) is 23.1 Å². The van der Waals surface area contributed by atoms with Gasteiger partial charge in [-0.3, -0.25) is 4.79 Å². The summed E-state index contributed by atoms with van der Waals surface area (Å²) in [6, 6.07) is 12.1. The van der Waals surface area contributed by atoms with Crippen LogP contribution in [0.4, 0.5) is 0 Å². The van der Waals surface area contributed by atoms with Crippen molar-refractivity contribution in [3.05, 3.63) is 106 Å². The van der Waals surface area contributed by atoms with Crippen molar-refractivity contribution in [2.45, 2.75) is 11.8 Å². The first kappa shape index (κ1) is 28.5. The third-order valence-corrected chi connectivity index (χ3v) is 9.38. The Morgan fingerprint density at radius 2 is 1.76 bits per heavy atom. The van der Waals surface area contributed by atoms with E-state index < -0.39 is 16.1 Å². The molecule has 0 unspecified atom stereocenters. The quantitative estimate of drug-likeness (QED) is 0.0689. The van der Waals surface area contributed by atoms with Crippen LogP contribution in [0.5, 0.6) is 5.75 Å². The van der Waals surface area contributed by atoms with Crippen LogP contribution in [0, 0.1) is 7.14 Å². The van der Waals surface area contributed by atoms with Gasteiger partial charge in [0.25, 0.3) is 0 Å². The Kier molecular flexibility index (Phi) is 8.49. The normalized spacial score (nSPS) is 12.6. The number of fused-ring (bicyclic) bond motifs is 2. The maximum absolute atomic E-state index is 13.0. The summed E-state index contributed by atoms with van der Waals surface area (Å²) in [5, 5.41) is 10.3. The molecule has 11 heteroatoms. The second kappa shape index (κ2) is 11.3. The number of benzene rings is 3. The summed E-state index contributed by atoms with van der Waals surface area (Å²) in [7, 11) is -4.17. The Morgan fingerprint density at radius 1 is 1.08 bits per heavy atom. The zero-order valence-corrected chi connectivity index (χ0v) is 26.2. The Bertz CT molecular complexity index is 1800. The first-order valence-corrected chi connectivity index (χ1v) is 15.1. The number of hydrogen-bond acceptors (Lipinski definition) is 6. The van der Waals surface area contributed by atoms with Gasteiger partial charge in [0.1, 0.15) is 12.0 Å². The fraction of sp³-hybridized carbons (Fsp3) is 0.0370. The molecule has 0 aromatic heterocycles. The largest absolute Gasteiger partial charge is 0.478 e. The maximum Gasteiger partial charge on any atom is 0.339 e. The van der Waals surface area contributed by atoms with Crippen LogP contribution in [0.15, 0.2) is 97.5 Å². The lowest BCUT2D eigenvalue weighted by Gasteiger charge is -2.19. The second-order valence-corrected chi connectivity index (χ2v) is 12.5. The fourth-order valence-electron chi connectivity index (χ4n) is 3.71. The molecular weight excluding hydrogens is 802 g/mol. The third-order valence-electron chi connectivity index (χ3n) is 5.56. The van der Waals surface area contributed by atoms with Gasteiger partial charge in [0.05, 0.1) is 0 Å². The van der Waals surface area contributed by atoms with Gasteiger partial charge in [-0.15, -0.1) is 0 Å². The van der Waals surface area contributed by atoms with Crippen LogP contribution in [-0.2, 0) is 14.9 Å². The first-order chi connectivity index (χ1) is 18.0. The van der Waals surface area contributed by atoms with Gasteiger partial charge in [0.2, 0.25) is 0 Å². The van der Waals surface area contributed by atoms with Gasteiger partial charge in [-0.1, -0.05) is 40.7 Å². The van der Waals surface area contributed by atoms with E-state index in [1.807, 2.05) is 45.2 Å². The first-order valence-electron chi connectivity index (χ1n) is 10.8. The van der Waals surface area contributed by atoms with Crippen LogP contribution in [0.2, 0.25) is 0 Å². The van der Waals surface area contributed by atoms with Gasteiger partial charge in [0, 0.05) is 26.6 Å². The van der Waals surface area contributed by atoms with Crippen LogP contribution in [0.1, 0.15) is 12.5 Å². The molecule has 194 valence electrons. The molecule has 0 fully saturated rings. The molecule has 0 radical (unpaired) electrons. The van der Waals surface area contributed by atoms with Crippen molar-refractivity contribution < 1.29 is 26.9 Å². The number of carbonyl (C=O) groups is 1. The van der Waals surface area contributed by atoms with E-state index in [2.05, 4.69) is 22.5 Å². The number of carboxylic acid groups (broad SMARTS) is 1. The Labute approximate surface area is 253 Å².